The minimum Gasteiger partial charge on any atom is -0.507 e. The van der Waals surface area contributed by atoms with Gasteiger partial charge in [-0.1, -0.05) is 0 Å². The number of hydrogen-bond acceptors (Lipinski definition) is 2. The Labute approximate surface area is 108 Å². The van der Waals surface area contributed by atoms with E-state index in [1.807, 2.05) is 0 Å². The van der Waals surface area contributed by atoms with Crippen molar-refractivity contribution in [1.82, 2.24) is 5.32 Å². The number of phenols is 1. The first-order valence-corrected chi connectivity index (χ1v) is 6.30. The highest BCUT2D eigenvalue weighted by Gasteiger charge is 2.07. The van der Waals surface area contributed by atoms with Crippen molar-refractivity contribution in [2.75, 3.05) is 12.4 Å². The van der Waals surface area contributed by atoms with E-state index >= 15 is 0 Å². The molecule has 0 heterocycles. The summed E-state index contributed by atoms with van der Waals surface area (Å²) in [7, 11) is 0. The van der Waals surface area contributed by atoms with Crippen LogP contribution < -0.4 is 5.32 Å². The monoisotopic (exact) mass is 305 g/mol. The molecule has 0 bridgehead atoms. The van der Waals surface area contributed by atoms with Crippen LogP contribution in [0.1, 0.15) is 23.2 Å². The predicted molar refractivity (Wildman–Crippen MR) is 68.1 cm³/mol. The first kappa shape index (κ1) is 13.3. The lowest BCUT2D eigenvalue weighted by Gasteiger charge is -2.05. The first-order valence-electron chi connectivity index (χ1n) is 4.98. The van der Waals surface area contributed by atoms with Gasteiger partial charge in [-0.3, -0.25) is 4.79 Å². The normalized spacial score (nSPS) is 10.1. The van der Waals surface area contributed by atoms with Crippen molar-refractivity contribution < 1.29 is 9.90 Å². The Kier molecular flexibility index (Phi) is 5.63. The van der Waals surface area contributed by atoms with Crippen molar-refractivity contribution in [3.05, 3.63) is 28.2 Å². The molecule has 16 heavy (non-hydrogen) atoms. The molecule has 0 aliphatic rings. The molecule has 0 saturated heterocycles. The van der Waals surface area contributed by atoms with E-state index < -0.39 is 0 Å². The van der Waals surface area contributed by atoms with E-state index in [2.05, 4.69) is 21.2 Å². The summed E-state index contributed by atoms with van der Waals surface area (Å²) in [6.07, 6.45) is 1.74. The lowest BCUT2D eigenvalue weighted by Crippen LogP contribution is -2.24. The van der Waals surface area contributed by atoms with Crippen LogP contribution in [0.4, 0.5) is 0 Å². The molecule has 1 aromatic carbocycles. The van der Waals surface area contributed by atoms with Crippen LogP contribution in [-0.2, 0) is 0 Å². The van der Waals surface area contributed by atoms with E-state index in [-0.39, 0.29) is 11.7 Å². The maximum Gasteiger partial charge on any atom is 0.251 e. The number of carbonyl (C=O) groups excluding carboxylic acids is 1. The first-order chi connectivity index (χ1) is 7.65. The minimum atomic E-state index is -0.183. The number of amides is 1. The van der Waals surface area contributed by atoms with Crippen LogP contribution in [0.5, 0.6) is 5.75 Å². The van der Waals surface area contributed by atoms with Crippen LogP contribution in [-0.4, -0.2) is 23.4 Å². The molecule has 2 N–H and O–H groups in total. The topological polar surface area (TPSA) is 49.3 Å². The summed E-state index contributed by atoms with van der Waals surface area (Å²) in [5.41, 5.74) is 0.451. The Morgan fingerprint density at radius 1 is 1.44 bits per heavy atom. The van der Waals surface area contributed by atoms with Gasteiger partial charge in [0.1, 0.15) is 5.75 Å². The average Bonchev–Trinajstić information content (AvgIpc) is 2.28. The molecule has 5 heteroatoms. The van der Waals surface area contributed by atoms with Gasteiger partial charge in [-0.15, -0.1) is 11.6 Å². The number of nitrogens with one attached hydrogen (secondary N) is 1. The third-order valence-corrected chi connectivity index (χ3v) is 2.99. The number of alkyl halides is 1. The van der Waals surface area contributed by atoms with Gasteiger partial charge in [-0.2, -0.15) is 0 Å². The molecule has 0 spiro atoms. The van der Waals surface area contributed by atoms with Crippen LogP contribution in [0.3, 0.4) is 0 Å². The van der Waals surface area contributed by atoms with Crippen LogP contribution in [0, 0.1) is 0 Å². The van der Waals surface area contributed by atoms with Gasteiger partial charge < -0.3 is 10.4 Å². The van der Waals surface area contributed by atoms with Gasteiger partial charge in [0.15, 0.2) is 0 Å². The lowest BCUT2D eigenvalue weighted by molar-refractivity contribution is 0.0952. The third kappa shape index (κ3) is 4.02. The second-order valence-electron chi connectivity index (χ2n) is 3.32. The second-order valence-corrected chi connectivity index (χ2v) is 4.55. The van der Waals surface area contributed by atoms with Gasteiger partial charge in [0.25, 0.3) is 5.91 Å². The van der Waals surface area contributed by atoms with Crippen LogP contribution in [0.15, 0.2) is 22.7 Å². The number of phenolic OH excluding ortho intramolecular Hbond substituents is 1. The molecular formula is C11H13BrClNO2. The smallest absolute Gasteiger partial charge is 0.251 e. The molecule has 3 nitrogen and oxygen atoms in total. The van der Waals surface area contributed by atoms with Crippen LogP contribution in [0.25, 0.3) is 0 Å². The van der Waals surface area contributed by atoms with Crippen molar-refractivity contribution >= 4 is 33.4 Å². The summed E-state index contributed by atoms with van der Waals surface area (Å²) in [6, 6.07) is 4.73. The minimum absolute atomic E-state index is 0.0633. The molecule has 1 aromatic rings. The van der Waals surface area contributed by atoms with Gasteiger partial charge >= 0.3 is 0 Å². The van der Waals surface area contributed by atoms with Crippen molar-refractivity contribution in [1.29, 1.82) is 0 Å². The van der Waals surface area contributed by atoms with E-state index in [0.29, 0.717) is 22.5 Å². The second kappa shape index (κ2) is 6.76. The molecule has 88 valence electrons. The number of benzene rings is 1. The SMILES string of the molecule is O=C(NCCCCCl)c1ccc(Br)c(O)c1. The van der Waals surface area contributed by atoms with E-state index in [1.54, 1.807) is 12.1 Å². The summed E-state index contributed by atoms with van der Waals surface area (Å²) in [5.74, 6) is 0.486. The summed E-state index contributed by atoms with van der Waals surface area (Å²) in [4.78, 5) is 11.6. The van der Waals surface area contributed by atoms with Gasteiger partial charge in [0.2, 0.25) is 0 Å². The quantitative estimate of drug-likeness (QED) is 0.649. The van der Waals surface area contributed by atoms with Gasteiger partial charge in [0.05, 0.1) is 4.47 Å². The Morgan fingerprint density at radius 3 is 2.81 bits per heavy atom. The zero-order valence-electron chi connectivity index (χ0n) is 8.67. The zero-order valence-corrected chi connectivity index (χ0v) is 11.0. The van der Waals surface area contributed by atoms with Crippen molar-refractivity contribution in [3.8, 4) is 5.75 Å². The van der Waals surface area contributed by atoms with E-state index in [0.717, 1.165) is 12.8 Å². The summed E-state index contributed by atoms with van der Waals surface area (Å²) >= 11 is 8.68. The summed E-state index contributed by atoms with van der Waals surface area (Å²) in [6.45, 7) is 0.600. The number of unbranched alkanes of at least 4 members (excludes halogenated alkanes) is 1. The molecule has 0 radical (unpaired) electrons. The zero-order chi connectivity index (χ0) is 12.0. The van der Waals surface area contributed by atoms with Gasteiger partial charge in [-0.25, -0.2) is 0 Å². The number of aromatic hydroxyl groups is 1. The Hall–Kier alpha value is -0.740. The third-order valence-electron chi connectivity index (χ3n) is 2.05. The van der Waals surface area contributed by atoms with Crippen molar-refractivity contribution in [3.63, 3.8) is 0 Å². The highest BCUT2D eigenvalue weighted by Crippen LogP contribution is 2.24. The summed E-state index contributed by atoms with van der Waals surface area (Å²) in [5, 5.41) is 12.2. The molecule has 0 aromatic heterocycles. The van der Waals surface area contributed by atoms with E-state index in [4.69, 9.17) is 11.6 Å². The number of rotatable bonds is 5. The highest BCUT2D eigenvalue weighted by molar-refractivity contribution is 9.10. The largest absolute Gasteiger partial charge is 0.507 e. The Bertz CT molecular complexity index is 371. The summed E-state index contributed by atoms with van der Waals surface area (Å²) < 4.78 is 0.575. The fourth-order valence-electron chi connectivity index (χ4n) is 1.18. The number of carbonyl (C=O) groups is 1. The van der Waals surface area contributed by atoms with Crippen molar-refractivity contribution in [2.24, 2.45) is 0 Å². The fraction of sp³-hybridized carbons (Fsp3) is 0.364. The maximum absolute atomic E-state index is 11.6. The molecule has 0 saturated carbocycles. The molecule has 0 fully saturated rings. The van der Waals surface area contributed by atoms with Gasteiger partial charge in [0, 0.05) is 18.0 Å². The molecule has 0 aliphatic heterocycles. The highest BCUT2D eigenvalue weighted by atomic mass is 79.9. The average molecular weight is 307 g/mol. The lowest BCUT2D eigenvalue weighted by atomic mass is 10.2. The van der Waals surface area contributed by atoms with Crippen molar-refractivity contribution in [2.45, 2.75) is 12.8 Å². The molecule has 0 atom stereocenters. The molecule has 0 unspecified atom stereocenters. The Balaban J connectivity index is 2.50. The van der Waals surface area contributed by atoms with E-state index in [9.17, 15) is 9.90 Å². The maximum atomic E-state index is 11.6. The predicted octanol–water partition coefficient (Wildman–Crippen LogP) is 2.90. The molecular weight excluding hydrogens is 293 g/mol. The standard InChI is InChI=1S/C11H13BrClNO2/c12-9-4-3-8(7-10(9)15)11(16)14-6-2-1-5-13/h3-4,7,15H,1-2,5-6H2,(H,14,16). The van der Waals surface area contributed by atoms with Crippen LogP contribution >= 0.6 is 27.5 Å². The molecule has 0 aliphatic carbocycles. The fourth-order valence-corrected chi connectivity index (χ4v) is 1.61. The van der Waals surface area contributed by atoms with E-state index in [1.165, 1.54) is 6.07 Å². The number of hydrogen-bond donors (Lipinski definition) is 2. The van der Waals surface area contributed by atoms with Gasteiger partial charge in [-0.05, 0) is 47.0 Å². The Morgan fingerprint density at radius 2 is 2.19 bits per heavy atom. The molecule has 1 rings (SSSR count). The van der Waals surface area contributed by atoms with Crippen LogP contribution in [0.2, 0.25) is 0 Å². The number of halogens is 2. The molecule has 1 amide bonds.